The third-order valence-corrected chi connectivity index (χ3v) is 4.42. The minimum Gasteiger partial charge on any atom is -0.492 e. The molecule has 0 aliphatic carbocycles. The number of fused-ring (bicyclic) bond motifs is 1. The summed E-state index contributed by atoms with van der Waals surface area (Å²) in [6.45, 7) is 0.161. The van der Waals surface area contributed by atoms with Crippen LogP contribution in [0.2, 0.25) is 10.0 Å². The number of hydrogen-bond donors (Lipinski definition) is 3. The van der Waals surface area contributed by atoms with E-state index in [1.54, 1.807) is 24.3 Å². The van der Waals surface area contributed by atoms with Gasteiger partial charge in [-0.2, -0.15) is 0 Å². The van der Waals surface area contributed by atoms with Crippen LogP contribution in [-0.2, 0) is 9.59 Å². The van der Waals surface area contributed by atoms with E-state index >= 15 is 0 Å². The topological polar surface area (TPSA) is 106 Å². The van der Waals surface area contributed by atoms with Gasteiger partial charge in [0.1, 0.15) is 11.5 Å². The molecule has 3 rings (SSSR count). The number of rotatable bonds is 6. The molecule has 29 heavy (non-hydrogen) atoms. The number of hydrazine groups is 1. The molecule has 0 spiro atoms. The lowest BCUT2D eigenvalue weighted by atomic mass is 10.1. The van der Waals surface area contributed by atoms with Crippen LogP contribution in [0.25, 0.3) is 0 Å². The minimum absolute atomic E-state index is 0.113. The number of carbonyl (C=O) groups is 3. The van der Waals surface area contributed by atoms with Crippen LogP contribution in [0, 0.1) is 0 Å². The van der Waals surface area contributed by atoms with Gasteiger partial charge in [-0.05, 0) is 42.8 Å². The van der Waals surface area contributed by atoms with Crippen molar-refractivity contribution in [3.63, 3.8) is 0 Å². The Kier molecular flexibility index (Phi) is 6.79. The van der Waals surface area contributed by atoms with Gasteiger partial charge in [-0.15, -0.1) is 0 Å². The highest BCUT2D eigenvalue weighted by Gasteiger charge is 2.18. The highest BCUT2D eigenvalue weighted by Crippen LogP contribution is 2.29. The van der Waals surface area contributed by atoms with Crippen molar-refractivity contribution in [1.29, 1.82) is 0 Å². The number of amides is 3. The second-order valence-corrected chi connectivity index (χ2v) is 6.92. The van der Waals surface area contributed by atoms with Crippen LogP contribution in [-0.4, -0.2) is 30.9 Å². The fourth-order valence-corrected chi connectivity index (χ4v) is 2.95. The quantitative estimate of drug-likeness (QED) is 0.475. The Morgan fingerprint density at radius 3 is 2.76 bits per heavy atom. The molecule has 10 heteroatoms. The van der Waals surface area contributed by atoms with E-state index in [1.165, 1.54) is 12.1 Å². The Hall–Kier alpha value is -2.97. The molecule has 1 aliphatic heterocycles. The van der Waals surface area contributed by atoms with E-state index < -0.39 is 5.91 Å². The van der Waals surface area contributed by atoms with Gasteiger partial charge < -0.3 is 14.8 Å². The number of nitrogens with one attached hydrogen (secondary N) is 3. The molecule has 152 valence electrons. The Bertz CT molecular complexity index is 951. The molecule has 1 heterocycles. The summed E-state index contributed by atoms with van der Waals surface area (Å²) < 4.78 is 10.8. The van der Waals surface area contributed by atoms with Crippen molar-refractivity contribution in [2.24, 2.45) is 0 Å². The van der Waals surface area contributed by atoms with Crippen LogP contribution in [0.4, 0.5) is 5.69 Å². The van der Waals surface area contributed by atoms with Crippen LogP contribution in [0.3, 0.4) is 0 Å². The summed E-state index contributed by atoms with van der Waals surface area (Å²) in [5.74, 6) is -0.266. The van der Waals surface area contributed by atoms with E-state index in [0.717, 1.165) is 0 Å². The molecular weight excluding hydrogens is 421 g/mol. The number of hydrogen-bond acceptors (Lipinski definition) is 5. The molecule has 0 saturated carbocycles. The second kappa shape index (κ2) is 9.49. The van der Waals surface area contributed by atoms with Crippen molar-refractivity contribution in [3.8, 4) is 11.5 Å². The molecule has 3 amide bonds. The minimum atomic E-state index is -0.508. The molecule has 0 unspecified atom stereocenters. The van der Waals surface area contributed by atoms with Gasteiger partial charge in [0.05, 0.1) is 17.3 Å². The third-order valence-electron chi connectivity index (χ3n) is 3.89. The third kappa shape index (κ3) is 5.75. The molecule has 2 aromatic carbocycles. The predicted molar refractivity (Wildman–Crippen MR) is 107 cm³/mol. The number of carbonyl (C=O) groups excluding carboxylic acids is 3. The average Bonchev–Trinajstić information content (AvgIpc) is 2.70. The van der Waals surface area contributed by atoms with Crippen LogP contribution in [0.5, 0.6) is 11.5 Å². The first-order chi connectivity index (χ1) is 13.9. The van der Waals surface area contributed by atoms with E-state index in [0.29, 0.717) is 33.7 Å². The Morgan fingerprint density at radius 2 is 1.97 bits per heavy atom. The summed E-state index contributed by atoms with van der Waals surface area (Å²) in [7, 11) is 0. The summed E-state index contributed by atoms with van der Waals surface area (Å²) in [6, 6.07) is 9.44. The van der Waals surface area contributed by atoms with Crippen molar-refractivity contribution in [2.75, 3.05) is 18.5 Å². The Balaban J connectivity index is 1.40. The molecule has 2 aromatic rings. The zero-order valence-electron chi connectivity index (χ0n) is 15.1. The maximum absolute atomic E-state index is 12.2. The Morgan fingerprint density at radius 1 is 1.14 bits per heavy atom. The molecule has 0 aromatic heterocycles. The molecule has 3 N–H and O–H groups in total. The van der Waals surface area contributed by atoms with E-state index in [9.17, 15) is 14.4 Å². The SMILES string of the molecule is O=C(CCCOc1ccc(Cl)cc1Cl)NNC(=O)c1ccc2c(c1)OCC(=O)N2. The van der Waals surface area contributed by atoms with Gasteiger partial charge in [-0.3, -0.25) is 25.2 Å². The van der Waals surface area contributed by atoms with Gasteiger partial charge >= 0.3 is 0 Å². The van der Waals surface area contributed by atoms with E-state index in [1.807, 2.05) is 0 Å². The van der Waals surface area contributed by atoms with Crippen molar-refractivity contribution in [2.45, 2.75) is 12.8 Å². The number of benzene rings is 2. The zero-order chi connectivity index (χ0) is 20.8. The van der Waals surface area contributed by atoms with E-state index in [4.69, 9.17) is 32.7 Å². The molecule has 1 aliphatic rings. The van der Waals surface area contributed by atoms with Crippen LogP contribution in [0.1, 0.15) is 23.2 Å². The van der Waals surface area contributed by atoms with Gasteiger partial charge in [-0.25, -0.2) is 0 Å². The summed E-state index contributed by atoms with van der Waals surface area (Å²) in [5, 5.41) is 3.53. The standard InChI is InChI=1S/C19H17Cl2N3O5/c20-12-4-6-15(13(21)9-12)28-7-1-2-17(25)23-24-19(27)11-3-5-14-16(8-11)29-10-18(26)22-14/h3-6,8-9H,1-2,7,10H2,(H,22,26)(H,23,25)(H,24,27). The molecular formula is C19H17Cl2N3O5. The van der Waals surface area contributed by atoms with Gasteiger partial charge in [0.2, 0.25) is 5.91 Å². The molecule has 0 atom stereocenters. The first-order valence-electron chi connectivity index (χ1n) is 8.66. The lowest BCUT2D eigenvalue weighted by molar-refractivity contribution is -0.122. The lowest BCUT2D eigenvalue weighted by Crippen LogP contribution is -2.41. The normalized spacial score (nSPS) is 12.3. The average molecular weight is 438 g/mol. The highest BCUT2D eigenvalue weighted by atomic mass is 35.5. The maximum Gasteiger partial charge on any atom is 0.269 e. The zero-order valence-corrected chi connectivity index (χ0v) is 16.6. The summed E-state index contributed by atoms with van der Waals surface area (Å²) in [6.07, 6.45) is 0.567. The number of ether oxygens (including phenoxy) is 2. The van der Waals surface area contributed by atoms with Gasteiger partial charge in [0.25, 0.3) is 11.8 Å². The van der Waals surface area contributed by atoms with Gasteiger partial charge in [0.15, 0.2) is 6.61 Å². The molecule has 0 fully saturated rings. The maximum atomic E-state index is 12.2. The van der Waals surface area contributed by atoms with Crippen molar-refractivity contribution >= 4 is 46.6 Å². The second-order valence-electron chi connectivity index (χ2n) is 6.08. The fourth-order valence-electron chi connectivity index (χ4n) is 2.48. The Labute approximate surface area is 176 Å². The summed E-state index contributed by atoms with van der Waals surface area (Å²) in [5.41, 5.74) is 5.43. The number of anilines is 1. The van der Waals surface area contributed by atoms with Crippen molar-refractivity contribution < 1.29 is 23.9 Å². The lowest BCUT2D eigenvalue weighted by Gasteiger charge is -2.18. The van der Waals surface area contributed by atoms with Crippen LogP contribution in [0.15, 0.2) is 36.4 Å². The smallest absolute Gasteiger partial charge is 0.269 e. The molecule has 8 nitrogen and oxygen atoms in total. The van der Waals surface area contributed by atoms with Crippen LogP contribution >= 0.6 is 23.2 Å². The molecule has 0 bridgehead atoms. The van der Waals surface area contributed by atoms with E-state index in [-0.39, 0.29) is 37.0 Å². The monoisotopic (exact) mass is 437 g/mol. The van der Waals surface area contributed by atoms with Gasteiger partial charge in [0, 0.05) is 17.0 Å². The largest absolute Gasteiger partial charge is 0.492 e. The first kappa shape index (κ1) is 20.8. The summed E-state index contributed by atoms with van der Waals surface area (Å²) in [4.78, 5) is 35.3. The van der Waals surface area contributed by atoms with Gasteiger partial charge in [-0.1, -0.05) is 23.2 Å². The van der Waals surface area contributed by atoms with Crippen molar-refractivity contribution in [3.05, 3.63) is 52.0 Å². The fraction of sp³-hybridized carbons (Fsp3) is 0.211. The predicted octanol–water partition coefficient (Wildman–Crippen LogP) is 2.94. The molecule has 0 saturated heterocycles. The molecule has 0 radical (unpaired) electrons. The summed E-state index contributed by atoms with van der Waals surface area (Å²) >= 11 is 11.8. The van der Waals surface area contributed by atoms with E-state index in [2.05, 4.69) is 16.2 Å². The number of halogens is 2. The highest BCUT2D eigenvalue weighted by molar-refractivity contribution is 6.35. The van der Waals surface area contributed by atoms with Crippen LogP contribution < -0.4 is 25.6 Å². The first-order valence-corrected chi connectivity index (χ1v) is 9.42. The van der Waals surface area contributed by atoms with Crippen molar-refractivity contribution in [1.82, 2.24) is 10.9 Å².